The lowest BCUT2D eigenvalue weighted by Gasteiger charge is -2.20. The molecule has 1 aliphatic rings. The zero-order valence-electron chi connectivity index (χ0n) is 9.98. The summed E-state index contributed by atoms with van der Waals surface area (Å²) in [6.07, 6.45) is 1.65. The fourth-order valence-corrected chi connectivity index (χ4v) is 2.42. The first kappa shape index (κ1) is 11.5. The zero-order valence-corrected chi connectivity index (χ0v) is 10.7. The van der Waals surface area contributed by atoms with E-state index in [1.165, 1.54) is 0 Å². The fourth-order valence-electron chi connectivity index (χ4n) is 2.05. The standard InChI is InChI=1S/C14H13ClO3/c1-9-11(4-5-16-9)14(15)10-2-3-12-13(8-10)18-7-6-17-12/h2-5,8,14H,6-7H2,1H3. The van der Waals surface area contributed by atoms with E-state index in [4.69, 9.17) is 25.5 Å². The summed E-state index contributed by atoms with van der Waals surface area (Å²) in [5.41, 5.74) is 1.96. The van der Waals surface area contributed by atoms with Crippen LogP contribution in [-0.2, 0) is 0 Å². The van der Waals surface area contributed by atoms with Crippen LogP contribution in [0.15, 0.2) is 34.9 Å². The van der Waals surface area contributed by atoms with Crippen molar-refractivity contribution in [1.82, 2.24) is 0 Å². The molecule has 0 amide bonds. The normalized spacial score (nSPS) is 15.4. The Morgan fingerprint density at radius 3 is 2.61 bits per heavy atom. The summed E-state index contributed by atoms with van der Waals surface area (Å²) >= 11 is 6.46. The molecular weight excluding hydrogens is 252 g/mol. The van der Waals surface area contributed by atoms with E-state index in [-0.39, 0.29) is 5.38 Å². The molecular formula is C14H13ClO3. The molecule has 0 aliphatic carbocycles. The molecule has 2 aromatic rings. The summed E-state index contributed by atoms with van der Waals surface area (Å²) in [7, 11) is 0. The third-order valence-electron chi connectivity index (χ3n) is 3.03. The molecule has 0 radical (unpaired) electrons. The first-order valence-electron chi connectivity index (χ1n) is 5.83. The zero-order chi connectivity index (χ0) is 12.5. The number of aryl methyl sites for hydroxylation is 1. The van der Waals surface area contributed by atoms with Crippen LogP contribution in [0, 0.1) is 6.92 Å². The van der Waals surface area contributed by atoms with Crippen LogP contribution in [0.1, 0.15) is 22.3 Å². The lowest BCUT2D eigenvalue weighted by Crippen LogP contribution is -2.15. The molecule has 0 saturated heterocycles. The van der Waals surface area contributed by atoms with E-state index in [1.807, 2.05) is 31.2 Å². The molecule has 1 unspecified atom stereocenters. The topological polar surface area (TPSA) is 31.6 Å². The SMILES string of the molecule is Cc1occc1C(Cl)c1ccc2c(c1)OCCO2. The van der Waals surface area contributed by atoms with Gasteiger partial charge in [0.1, 0.15) is 19.0 Å². The number of fused-ring (bicyclic) bond motifs is 1. The molecule has 1 aliphatic heterocycles. The molecule has 18 heavy (non-hydrogen) atoms. The Morgan fingerprint density at radius 1 is 1.11 bits per heavy atom. The molecule has 2 heterocycles. The average Bonchev–Trinajstić information content (AvgIpc) is 2.83. The lowest BCUT2D eigenvalue weighted by atomic mass is 10.0. The number of halogens is 1. The first-order valence-corrected chi connectivity index (χ1v) is 6.27. The Morgan fingerprint density at radius 2 is 1.89 bits per heavy atom. The molecule has 1 atom stereocenters. The van der Waals surface area contributed by atoms with Gasteiger partial charge in [-0.15, -0.1) is 11.6 Å². The number of alkyl halides is 1. The number of benzene rings is 1. The molecule has 0 spiro atoms. The van der Waals surface area contributed by atoms with E-state index in [1.54, 1.807) is 6.26 Å². The second kappa shape index (κ2) is 4.58. The molecule has 0 N–H and O–H groups in total. The molecule has 0 fully saturated rings. The van der Waals surface area contributed by atoms with Crippen molar-refractivity contribution in [3.8, 4) is 11.5 Å². The van der Waals surface area contributed by atoms with Crippen LogP contribution in [0.3, 0.4) is 0 Å². The Labute approximate surface area is 110 Å². The smallest absolute Gasteiger partial charge is 0.161 e. The Bertz CT molecular complexity index is 562. The van der Waals surface area contributed by atoms with Crippen molar-refractivity contribution >= 4 is 11.6 Å². The van der Waals surface area contributed by atoms with E-state index in [0.29, 0.717) is 13.2 Å². The van der Waals surface area contributed by atoms with Crippen LogP contribution in [0.4, 0.5) is 0 Å². The Hall–Kier alpha value is -1.61. The van der Waals surface area contributed by atoms with Gasteiger partial charge in [0.15, 0.2) is 11.5 Å². The van der Waals surface area contributed by atoms with Gasteiger partial charge in [-0.25, -0.2) is 0 Å². The lowest BCUT2D eigenvalue weighted by molar-refractivity contribution is 0.171. The highest BCUT2D eigenvalue weighted by Crippen LogP contribution is 2.37. The van der Waals surface area contributed by atoms with Crippen LogP contribution in [0.25, 0.3) is 0 Å². The first-order chi connectivity index (χ1) is 8.75. The summed E-state index contributed by atoms with van der Waals surface area (Å²) < 4.78 is 16.3. The predicted octanol–water partition coefficient (Wildman–Crippen LogP) is 3.69. The van der Waals surface area contributed by atoms with Crippen molar-refractivity contribution in [3.05, 3.63) is 47.4 Å². The molecule has 3 nitrogen and oxygen atoms in total. The molecule has 0 saturated carbocycles. The van der Waals surface area contributed by atoms with Crippen molar-refractivity contribution in [2.45, 2.75) is 12.3 Å². The maximum atomic E-state index is 6.46. The number of hydrogen-bond donors (Lipinski definition) is 0. The summed E-state index contributed by atoms with van der Waals surface area (Å²) in [6, 6.07) is 7.68. The van der Waals surface area contributed by atoms with Crippen molar-refractivity contribution in [2.24, 2.45) is 0 Å². The van der Waals surface area contributed by atoms with Gasteiger partial charge in [0, 0.05) is 5.56 Å². The molecule has 4 heteroatoms. The Balaban J connectivity index is 1.95. The van der Waals surface area contributed by atoms with Crippen LogP contribution in [-0.4, -0.2) is 13.2 Å². The highest BCUT2D eigenvalue weighted by molar-refractivity contribution is 6.22. The number of hydrogen-bond acceptors (Lipinski definition) is 3. The quantitative estimate of drug-likeness (QED) is 0.776. The van der Waals surface area contributed by atoms with Gasteiger partial charge in [-0.05, 0) is 30.7 Å². The minimum Gasteiger partial charge on any atom is -0.486 e. The van der Waals surface area contributed by atoms with E-state index in [9.17, 15) is 0 Å². The van der Waals surface area contributed by atoms with Gasteiger partial charge in [-0.1, -0.05) is 6.07 Å². The van der Waals surface area contributed by atoms with Gasteiger partial charge < -0.3 is 13.9 Å². The largest absolute Gasteiger partial charge is 0.486 e. The van der Waals surface area contributed by atoms with Gasteiger partial charge in [-0.2, -0.15) is 0 Å². The van der Waals surface area contributed by atoms with E-state index in [2.05, 4.69) is 0 Å². The highest BCUT2D eigenvalue weighted by Gasteiger charge is 2.19. The second-order valence-corrected chi connectivity index (χ2v) is 4.63. The van der Waals surface area contributed by atoms with Gasteiger partial charge in [0.05, 0.1) is 11.6 Å². The van der Waals surface area contributed by atoms with Gasteiger partial charge in [0.2, 0.25) is 0 Å². The Kier molecular flexibility index (Phi) is 2.92. The molecule has 0 bridgehead atoms. The third-order valence-corrected chi connectivity index (χ3v) is 3.52. The van der Waals surface area contributed by atoms with Gasteiger partial charge >= 0.3 is 0 Å². The molecule has 3 rings (SSSR count). The van der Waals surface area contributed by atoms with Crippen LogP contribution < -0.4 is 9.47 Å². The van der Waals surface area contributed by atoms with Gasteiger partial charge in [-0.3, -0.25) is 0 Å². The van der Waals surface area contributed by atoms with Gasteiger partial charge in [0.25, 0.3) is 0 Å². The van der Waals surface area contributed by atoms with E-state index >= 15 is 0 Å². The minimum absolute atomic E-state index is 0.237. The van der Waals surface area contributed by atoms with Crippen LogP contribution in [0.2, 0.25) is 0 Å². The third kappa shape index (κ3) is 1.95. The maximum Gasteiger partial charge on any atom is 0.161 e. The number of rotatable bonds is 2. The van der Waals surface area contributed by atoms with Crippen molar-refractivity contribution < 1.29 is 13.9 Å². The molecule has 1 aromatic heterocycles. The van der Waals surface area contributed by atoms with Crippen LogP contribution >= 0.6 is 11.6 Å². The predicted molar refractivity (Wildman–Crippen MR) is 68.6 cm³/mol. The fraction of sp³-hybridized carbons (Fsp3) is 0.286. The van der Waals surface area contributed by atoms with E-state index in [0.717, 1.165) is 28.4 Å². The molecule has 1 aromatic carbocycles. The monoisotopic (exact) mass is 264 g/mol. The summed E-state index contributed by atoms with van der Waals surface area (Å²) in [5, 5.41) is -0.237. The van der Waals surface area contributed by atoms with Crippen molar-refractivity contribution in [1.29, 1.82) is 0 Å². The highest BCUT2D eigenvalue weighted by atomic mass is 35.5. The minimum atomic E-state index is -0.237. The second-order valence-electron chi connectivity index (χ2n) is 4.20. The van der Waals surface area contributed by atoms with Crippen molar-refractivity contribution in [3.63, 3.8) is 0 Å². The maximum absolute atomic E-state index is 6.46. The number of ether oxygens (including phenoxy) is 2. The summed E-state index contributed by atoms with van der Waals surface area (Å²) in [4.78, 5) is 0. The number of furan rings is 1. The van der Waals surface area contributed by atoms with Crippen molar-refractivity contribution in [2.75, 3.05) is 13.2 Å². The molecule has 94 valence electrons. The summed E-state index contributed by atoms with van der Waals surface area (Å²) in [5.74, 6) is 2.37. The van der Waals surface area contributed by atoms with E-state index < -0.39 is 0 Å². The average molecular weight is 265 g/mol. The van der Waals surface area contributed by atoms with Crippen LogP contribution in [0.5, 0.6) is 11.5 Å². The summed E-state index contributed by atoms with van der Waals surface area (Å²) in [6.45, 7) is 3.08.